The van der Waals surface area contributed by atoms with Crippen LogP contribution in [0.25, 0.3) is 16.7 Å². The number of allylic oxidation sites excluding steroid dienone is 4. The number of aliphatic hydroxyl groups excluding tert-OH is 1. The third-order valence-corrected chi connectivity index (χ3v) is 2.31. The second kappa shape index (κ2) is 4.65. The number of hydrogen-bond donors (Lipinski definition) is 1. The highest BCUT2D eigenvalue weighted by atomic mass is 16.3. The first-order valence-electron chi connectivity index (χ1n) is 5.27. The molecule has 1 aromatic heterocycles. The van der Waals surface area contributed by atoms with Crippen molar-refractivity contribution in [1.29, 1.82) is 0 Å². The SMILES string of the molecule is C=C/C=C(\C(O)=C/C)n1nc2ccccc2n1. The van der Waals surface area contributed by atoms with Crippen LogP contribution in [0.1, 0.15) is 6.92 Å². The van der Waals surface area contributed by atoms with Crippen molar-refractivity contribution in [3.05, 3.63) is 54.8 Å². The molecule has 0 aliphatic rings. The van der Waals surface area contributed by atoms with Gasteiger partial charge in [-0.25, -0.2) is 0 Å². The number of aliphatic hydroxyl groups is 1. The Kier molecular flexibility index (Phi) is 3.05. The number of nitrogens with zero attached hydrogens (tertiary/aromatic N) is 3. The van der Waals surface area contributed by atoms with Gasteiger partial charge < -0.3 is 5.11 Å². The van der Waals surface area contributed by atoms with E-state index < -0.39 is 0 Å². The Morgan fingerprint density at radius 3 is 2.35 bits per heavy atom. The van der Waals surface area contributed by atoms with E-state index in [1.54, 1.807) is 25.2 Å². The van der Waals surface area contributed by atoms with E-state index in [2.05, 4.69) is 16.8 Å². The number of rotatable bonds is 3. The number of hydrogen-bond acceptors (Lipinski definition) is 3. The quantitative estimate of drug-likeness (QED) is 0.648. The number of benzene rings is 1. The summed E-state index contributed by atoms with van der Waals surface area (Å²) in [6.07, 6.45) is 4.83. The molecule has 0 bridgehead atoms. The predicted octanol–water partition coefficient (Wildman–Crippen LogP) is 2.92. The van der Waals surface area contributed by atoms with E-state index in [1.165, 1.54) is 4.80 Å². The average Bonchev–Trinajstić information content (AvgIpc) is 2.78. The molecule has 0 saturated carbocycles. The molecule has 1 heterocycles. The van der Waals surface area contributed by atoms with Crippen LogP contribution in [0.4, 0.5) is 0 Å². The summed E-state index contributed by atoms with van der Waals surface area (Å²) in [5, 5.41) is 18.4. The van der Waals surface area contributed by atoms with Gasteiger partial charge in [0.1, 0.15) is 22.5 Å². The van der Waals surface area contributed by atoms with Gasteiger partial charge >= 0.3 is 0 Å². The maximum absolute atomic E-state index is 9.77. The summed E-state index contributed by atoms with van der Waals surface area (Å²) in [5.41, 5.74) is 2.07. The van der Waals surface area contributed by atoms with Gasteiger partial charge in [-0.05, 0) is 31.2 Å². The summed E-state index contributed by atoms with van der Waals surface area (Å²) >= 11 is 0. The van der Waals surface area contributed by atoms with Crippen LogP contribution in [0.2, 0.25) is 0 Å². The topological polar surface area (TPSA) is 50.9 Å². The molecule has 2 aromatic rings. The fraction of sp³-hybridized carbons (Fsp3) is 0.0769. The minimum atomic E-state index is 0.116. The third-order valence-electron chi connectivity index (χ3n) is 2.31. The van der Waals surface area contributed by atoms with Crippen molar-refractivity contribution >= 4 is 16.7 Å². The molecule has 1 aromatic carbocycles. The van der Waals surface area contributed by atoms with Gasteiger partial charge in [-0.1, -0.05) is 24.8 Å². The first-order chi connectivity index (χ1) is 8.26. The van der Waals surface area contributed by atoms with Gasteiger partial charge in [-0.2, -0.15) is 0 Å². The molecule has 0 atom stereocenters. The zero-order valence-corrected chi connectivity index (χ0v) is 9.54. The van der Waals surface area contributed by atoms with E-state index in [4.69, 9.17) is 0 Å². The van der Waals surface area contributed by atoms with Crippen LogP contribution in [-0.2, 0) is 0 Å². The van der Waals surface area contributed by atoms with Crippen LogP contribution in [0, 0.1) is 0 Å². The second-order valence-electron chi connectivity index (χ2n) is 3.44. The molecule has 0 aliphatic carbocycles. The van der Waals surface area contributed by atoms with Gasteiger partial charge in [-0.3, -0.25) is 0 Å². The van der Waals surface area contributed by atoms with Crippen LogP contribution >= 0.6 is 0 Å². The normalized spacial score (nSPS) is 13.0. The molecular weight excluding hydrogens is 214 g/mol. The fourth-order valence-corrected chi connectivity index (χ4v) is 1.48. The smallest absolute Gasteiger partial charge is 0.138 e. The van der Waals surface area contributed by atoms with Crippen LogP contribution in [0.15, 0.2) is 54.8 Å². The fourth-order valence-electron chi connectivity index (χ4n) is 1.48. The Bertz CT molecular complexity index is 575. The highest BCUT2D eigenvalue weighted by molar-refractivity contribution is 5.75. The highest BCUT2D eigenvalue weighted by Crippen LogP contribution is 2.15. The lowest BCUT2D eigenvalue weighted by Gasteiger charge is -2.03. The van der Waals surface area contributed by atoms with Crippen LogP contribution in [0.3, 0.4) is 0 Å². The minimum Gasteiger partial charge on any atom is -0.506 e. The van der Waals surface area contributed by atoms with Crippen molar-refractivity contribution in [2.45, 2.75) is 6.92 Å². The van der Waals surface area contributed by atoms with Crippen molar-refractivity contribution in [3.8, 4) is 0 Å². The lowest BCUT2D eigenvalue weighted by molar-refractivity contribution is 0.427. The lowest BCUT2D eigenvalue weighted by Crippen LogP contribution is -2.03. The van der Waals surface area contributed by atoms with Crippen LogP contribution in [-0.4, -0.2) is 20.1 Å². The molecule has 0 aliphatic heterocycles. The van der Waals surface area contributed by atoms with Crippen molar-refractivity contribution in [1.82, 2.24) is 15.0 Å². The Morgan fingerprint density at radius 2 is 1.88 bits per heavy atom. The maximum Gasteiger partial charge on any atom is 0.138 e. The monoisotopic (exact) mass is 227 g/mol. The van der Waals surface area contributed by atoms with Crippen molar-refractivity contribution in [2.24, 2.45) is 0 Å². The molecule has 0 amide bonds. The van der Waals surface area contributed by atoms with E-state index in [-0.39, 0.29) is 5.76 Å². The second-order valence-corrected chi connectivity index (χ2v) is 3.44. The van der Waals surface area contributed by atoms with Gasteiger partial charge in [0, 0.05) is 0 Å². The molecular formula is C13H13N3O. The molecule has 0 spiro atoms. The van der Waals surface area contributed by atoms with Crippen LogP contribution in [0.5, 0.6) is 0 Å². The molecule has 86 valence electrons. The highest BCUT2D eigenvalue weighted by Gasteiger charge is 2.08. The summed E-state index contributed by atoms with van der Waals surface area (Å²) in [6.45, 7) is 5.36. The Morgan fingerprint density at radius 1 is 1.29 bits per heavy atom. The van der Waals surface area contributed by atoms with Gasteiger partial charge in [0.25, 0.3) is 0 Å². The molecule has 1 N–H and O–H groups in total. The van der Waals surface area contributed by atoms with E-state index in [9.17, 15) is 5.11 Å². The largest absolute Gasteiger partial charge is 0.506 e. The van der Waals surface area contributed by atoms with E-state index >= 15 is 0 Å². The molecule has 4 nitrogen and oxygen atoms in total. The first kappa shape index (κ1) is 11.1. The minimum absolute atomic E-state index is 0.116. The van der Waals surface area contributed by atoms with Gasteiger partial charge in [-0.15, -0.1) is 15.0 Å². The zero-order chi connectivity index (χ0) is 12.3. The summed E-state index contributed by atoms with van der Waals surface area (Å²) in [4.78, 5) is 1.40. The Labute approximate surface area is 99.2 Å². The Hall–Kier alpha value is -2.36. The summed E-state index contributed by atoms with van der Waals surface area (Å²) in [5.74, 6) is 0.116. The molecule has 4 heteroatoms. The summed E-state index contributed by atoms with van der Waals surface area (Å²) in [6, 6.07) is 7.54. The summed E-state index contributed by atoms with van der Waals surface area (Å²) in [7, 11) is 0. The molecule has 0 radical (unpaired) electrons. The number of aromatic nitrogens is 3. The molecule has 0 unspecified atom stereocenters. The molecule has 0 saturated heterocycles. The molecule has 0 fully saturated rings. The van der Waals surface area contributed by atoms with Crippen LogP contribution < -0.4 is 0 Å². The molecule has 17 heavy (non-hydrogen) atoms. The Balaban J connectivity index is 2.57. The lowest BCUT2D eigenvalue weighted by atomic mass is 10.3. The van der Waals surface area contributed by atoms with Gasteiger partial charge in [0.15, 0.2) is 0 Å². The van der Waals surface area contributed by atoms with Gasteiger partial charge in [0.05, 0.1) is 0 Å². The summed E-state index contributed by atoms with van der Waals surface area (Å²) < 4.78 is 0. The maximum atomic E-state index is 9.77. The van der Waals surface area contributed by atoms with Crippen molar-refractivity contribution in [3.63, 3.8) is 0 Å². The predicted molar refractivity (Wildman–Crippen MR) is 68.4 cm³/mol. The number of fused-ring (bicyclic) bond motifs is 1. The first-order valence-corrected chi connectivity index (χ1v) is 5.27. The van der Waals surface area contributed by atoms with E-state index in [1.807, 2.05) is 24.3 Å². The van der Waals surface area contributed by atoms with E-state index in [0.29, 0.717) is 5.70 Å². The molecule has 2 rings (SSSR count). The van der Waals surface area contributed by atoms with Crippen molar-refractivity contribution < 1.29 is 5.11 Å². The van der Waals surface area contributed by atoms with E-state index in [0.717, 1.165) is 11.0 Å². The van der Waals surface area contributed by atoms with Gasteiger partial charge in [0.2, 0.25) is 0 Å². The standard InChI is InChI=1S/C13H13N3O/c1-3-7-12(13(17)4-2)16-14-10-8-5-6-9-11(10)15-16/h3-9,17H,1H2,2H3/b12-7+,13-4+. The third kappa shape index (κ3) is 2.10. The average molecular weight is 227 g/mol. The zero-order valence-electron chi connectivity index (χ0n) is 9.54. The van der Waals surface area contributed by atoms with Crippen molar-refractivity contribution in [2.75, 3.05) is 0 Å².